The number of ether oxygens (including phenoxy) is 1. The van der Waals surface area contributed by atoms with E-state index in [4.69, 9.17) is 10.5 Å². The summed E-state index contributed by atoms with van der Waals surface area (Å²) in [7, 11) is 3.67. The molecule has 4 N–H and O–H groups in total. The number of hydrogen-bond acceptors (Lipinski definition) is 6. The fourth-order valence-electron chi connectivity index (χ4n) is 8.46. The number of nitrogens with one attached hydrogen (secondary N) is 2. The minimum Gasteiger partial charge on any atom is -0.462 e. The first-order chi connectivity index (χ1) is 28.5. The zero-order valence-corrected chi connectivity index (χ0v) is 40.1. The number of nitrogens with two attached hydrogens (primary N) is 1. The molecule has 0 aliphatic heterocycles. The summed E-state index contributed by atoms with van der Waals surface area (Å²) in [6.45, 7) is 13.6. The summed E-state index contributed by atoms with van der Waals surface area (Å²) in [5.41, 5.74) is 6.75. The fourth-order valence-corrected chi connectivity index (χ4v) is 8.46. The standard InChI is InChI=1S/C51H103N5O2/c1-7-11-14-17-22-29-37-47(10-4)38-30-23-20-27-34-43-56(45-36-42-55-49(46-52)51(53-5)54-6)44-35-28-21-26-33-41-50(57)58-48(39-31-24-18-15-12-8-2)40-32-25-19-16-13-9-3/h46-48,55H,7-45,52H2,1-6H3,(H,53,54)/b49-46+. The topological polar surface area (TPSA) is 92.0 Å². The molecule has 0 aromatic heterocycles. The van der Waals surface area contributed by atoms with E-state index < -0.39 is 0 Å². The Morgan fingerprint density at radius 3 is 1.43 bits per heavy atom. The number of rotatable bonds is 45. The number of esters is 1. The molecule has 0 spiro atoms. The van der Waals surface area contributed by atoms with Crippen LogP contribution in [0.25, 0.3) is 0 Å². The van der Waals surface area contributed by atoms with E-state index >= 15 is 0 Å². The van der Waals surface area contributed by atoms with E-state index in [0.29, 0.717) is 6.42 Å². The number of hydrogen-bond donors (Lipinski definition) is 3. The maximum atomic E-state index is 12.9. The third-order valence-corrected chi connectivity index (χ3v) is 12.4. The lowest BCUT2D eigenvalue weighted by atomic mass is 9.92. The van der Waals surface area contributed by atoms with Crippen LogP contribution in [0.5, 0.6) is 0 Å². The van der Waals surface area contributed by atoms with Crippen LogP contribution in [-0.4, -0.2) is 63.1 Å². The van der Waals surface area contributed by atoms with Gasteiger partial charge in [-0.1, -0.05) is 195 Å². The van der Waals surface area contributed by atoms with Gasteiger partial charge in [0.1, 0.15) is 11.9 Å². The monoisotopic (exact) mass is 818 g/mol. The lowest BCUT2D eigenvalue weighted by Crippen LogP contribution is -2.33. The van der Waals surface area contributed by atoms with Gasteiger partial charge in [0.15, 0.2) is 0 Å². The maximum Gasteiger partial charge on any atom is 0.306 e. The second-order valence-electron chi connectivity index (χ2n) is 17.7. The number of likely N-dealkylation sites (N-methyl/N-ethyl adjacent to an activating group) is 1. The van der Waals surface area contributed by atoms with Gasteiger partial charge in [0.05, 0.1) is 5.70 Å². The van der Waals surface area contributed by atoms with E-state index in [1.54, 1.807) is 13.2 Å². The molecule has 0 aliphatic carbocycles. The van der Waals surface area contributed by atoms with Crippen LogP contribution >= 0.6 is 0 Å². The highest BCUT2D eigenvalue weighted by Gasteiger charge is 2.15. The highest BCUT2D eigenvalue weighted by molar-refractivity contribution is 5.97. The quantitative estimate of drug-likeness (QED) is 0.0245. The summed E-state index contributed by atoms with van der Waals surface area (Å²) in [5.74, 6) is 1.78. The molecule has 0 heterocycles. The van der Waals surface area contributed by atoms with Crippen molar-refractivity contribution in [2.45, 2.75) is 259 Å². The van der Waals surface area contributed by atoms with Gasteiger partial charge in [-0.25, -0.2) is 0 Å². The summed E-state index contributed by atoms with van der Waals surface area (Å²) in [6.07, 6.45) is 46.3. The average Bonchev–Trinajstić information content (AvgIpc) is 3.23. The van der Waals surface area contributed by atoms with Gasteiger partial charge in [-0.05, 0) is 76.9 Å². The molecule has 0 saturated carbocycles. The first-order valence-corrected chi connectivity index (χ1v) is 25.7. The van der Waals surface area contributed by atoms with Gasteiger partial charge in [-0.15, -0.1) is 0 Å². The predicted octanol–water partition coefficient (Wildman–Crippen LogP) is 14.2. The number of carbonyl (C=O) groups is 1. The number of carbonyl (C=O) groups excluding carboxylic acids is 1. The van der Waals surface area contributed by atoms with Crippen molar-refractivity contribution in [2.24, 2.45) is 16.6 Å². The van der Waals surface area contributed by atoms with Crippen LogP contribution in [0.2, 0.25) is 0 Å². The zero-order chi connectivity index (χ0) is 42.6. The summed E-state index contributed by atoms with van der Waals surface area (Å²) in [5, 5.41) is 6.60. The first-order valence-electron chi connectivity index (χ1n) is 25.7. The Morgan fingerprint density at radius 1 is 0.586 bits per heavy atom. The Hall–Kier alpha value is -1.76. The number of unbranched alkanes of at least 4 members (excludes halogenated alkanes) is 23. The largest absolute Gasteiger partial charge is 0.462 e. The third kappa shape index (κ3) is 36.1. The van der Waals surface area contributed by atoms with Crippen LogP contribution in [0.3, 0.4) is 0 Å². The molecule has 0 saturated heterocycles. The van der Waals surface area contributed by atoms with Gasteiger partial charge < -0.3 is 26.0 Å². The molecule has 1 atom stereocenters. The average molecular weight is 818 g/mol. The zero-order valence-electron chi connectivity index (χ0n) is 40.1. The minimum absolute atomic E-state index is 0.0415. The molecule has 0 fully saturated rings. The van der Waals surface area contributed by atoms with Crippen LogP contribution in [-0.2, 0) is 9.53 Å². The van der Waals surface area contributed by atoms with E-state index in [1.807, 2.05) is 7.05 Å². The first kappa shape index (κ1) is 56.2. The smallest absolute Gasteiger partial charge is 0.306 e. The van der Waals surface area contributed by atoms with Crippen molar-refractivity contribution < 1.29 is 9.53 Å². The van der Waals surface area contributed by atoms with E-state index in [0.717, 1.165) is 69.2 Å². The molecule has 7 nitrogen and oxygen atoms in total. The van der Waals surface area contributed by atoms with Gasteiger partial charge in [-0.3, -0.25) is 9.79 Å². The third-order valence-electron chi connectivity index (χ3n) is 12.4. The van der Waals surface area contributed by atoms with Crippen molar-refractivity contribution in [3.63, 3.8) is 0 Å². The number of aliphatic imine (C=N–C) groups is 1. The Labute approximate surface area is 363 Å². The molecule has 0 rings (SSSR count). The molecule has 0 amide bonds. The van der Waals surface area contributed by atoms with Crippen molar-refractivity contribution in [2.75, 3.05) is 40.3 Å². The molecule has 0 radical (unpaired) electrons. The van der Waals surface area contributed by atoms with Gasteiger partial charge in [0, 0.05) is 33.3 Å². The van der Waals surface area contributed by atoms with E-state index in [-0.39, 0.29) is 12.1 Å². The minimum atomic E-state index is 0.0415. The summed E-state index contributed by atoms with van der Waals surface area (Å²) < 4.78 is 6.10. The molecular formula is C51H103N5O2. The SMILES string of the molecule is CCCCCCCCC(CC)CCCCCCCN(CCCCCCCC(=O)OC(CCCCCCCC)CCCCCCCC)CCCN/C(=C/N)C(=NC)NC. The molecule has 58 heavy (non-hydrogen) atoms. The Morgan fingerprint density at radius 2 is 1.00 bits per heavy atom. The van der Waals surface area contributed by atoms with Crippen LogP contribution in [0.4, 0.5) is 0 Å². The Kier molecular flexibility index (Phi) is 43.4. The van der Waals surface area contributed by atoms with Gasteiger partial charge in [0.25, 0.3) is 0 Å². The Bertz CT molecular complexity index is 909. The normalized spacial score (nSPS) is 12.8. The lowest BCUT2D eigenvalue weighted by Gasteiger charge is -2.23. The molecule has 1 unspecified atom stereocenters. The lowest BCUT2D eigenvalue weighted by molar-refractivity contribution is -0.150. The van der Waals surface area contributed by atoms with Crippen LogP contribution in [0.15, 0.2) is 16.9 Å². The van der Waals surface area contributed by atoms with Crippen molar-refractivity contribution >= 4 is 11.8 Å². The van der Waals surface area contributed by atoms with Crippen molar-refractivity contribution in [1.82, 2.24) is 15.5 Å². The molecular weight excluding hydrogens is 715 g/mol. The Balaban J connectivity index is 4.61. The van der Waals surface area contributed by atoms with E-state index in [2.05, 4.69) is 48.2 Å². The van der Waals surface area contributed by atoms with Crippen molar-refractivity contribution in [3.05, 3.63) is 11.9 Å². The predicted molar refractivity (Wildman–Crippen MR) is 257 cm³/mol. The molecule has 0 aliphatic rings. The van der Waals surface area contributed by atoms with Gasteiger partial charge in [-0.2, -0.15) is 0 Å². The van der Waals surface area contributed by atoms with Gasteiger partial charge in [0.2, 0.25) is 0 Å². The second kappa shape index (κ2) is 44.8. The highest BCUT2D eigenvalue weighted by atomic mass is 16.5. The summed E-state index contributed by atoms with van der Waals surface area (Å²) >= 11 is 0. The van der Waals surface area contributed by atoms with Crippen LogP contribution in [0, 0.1) is 5.92 Å². The molecule has 7 heteroatoms. The van der Waals surface area contributed by atoms with Crippen LogP contribution < -0.4 is 16.4 Å². The highest BCUT2D eigenvalue weighted by Crippen LogP contribution is 2.22. The summed E-state index contributed by atoms with van der Waals surface area (Å²) in [4.78, 5) is 19.9. The van der Waals surface area contributed by atoms with Crippen molar-refractivity contribution in [3.8, 4) is 0 Å². The maximum absolute atomic E-state index is 12.9. The second-order valence-corrected chi connectivity index (χ2v) is 17.7. The molecule has 344 valence electrons. The number of nitrogens with zero attached hydrogens (tertiary/aromatic N) is 2. The fraction of sp³-hybridized carbons (Fsp3) is 0.922. The molecule has 0 bridgehead atoms. The van der Waals surface area contributed by atoms with E-state index in [1.165, 1.54) is 193 Å². The molecule has 0 aromatic carbocycles. The van der Waals surface area contributed by atoms with Crippen molar-refractivity contribution in [1.29, 1.82) is 0 Å². The molecule has 0 aromatic rings. The van der Waals surface area contributed by atoms with Crippen LogP contribution in [0.1, 0.15) is 252 Å². The summed E-state index contributed by atoms with van der Waals surface area (Å²) in [6, 6.07) is 0. The van der Waals surface area contributed by atoms with Gasteiger partial charge >= 0.3 is 5.97 Å². The number of amidine groups is 1. The van der Waals surface area contributed by atoms with E-state index in [9.17, 15) is 4.79 Å².